The number of aliphatic hydroxyl groups is 10. The minimum atomic E-state index is -1.29. The van der Waals surface area contributed by atoms with Crippen LogP contribution in [0.25, 0.3) is 0 Å². The molecule has 0 saturated carbocycles. The van der Waals surface area contributed by atoms with E-state index in [0.29, 0.717) is 87.6 Å². The van der Waals surface area contributed by atoms with Crippen LogP contribution < -0.4 is 56.2 Å². The van der Waals surface area contributed by atoms with Gasteiger partial charge in [-0.1, -0.05) is 46.6 Å². The van der Waals surface area contributed by atoms with E-state index in [0.717, 1.165) is 61.1 Å². The fourth-order valence-corrected chi connectivity index (χ4v) is 18.9. The van der Waals surface area contributed by atoms with E-state index in [-0.39, 0.29) is 11.1 Å². The summed E-state index contributed by atoms with van der Waals surface area (Å²) in [7, 11) is 0. The summed E-state index contributed by atoms with van der Waals surface area (Å²) in [5, 5.41) is 103. The first kappa shape index (κ1) is 104. The van der Waals surface area contributed by atoms with Gasteiger partial charge < -0.3 is 79.3 Å². The molecule has 10 heterocycles. The molecule has 5 fully saturated rings. The Morgan fingerprint density at radius 1 is 0.347 bits per heavy atom. The van der Waals surface area contributed by atoms with Crippen LogP contribution in [0.1, 0.15) is 151 Å². The predicted molar refractivity (Wildman–Crippen MR) is 488 cm³/mol. The van der Waals surface area contributed by atoms with Crippen molar-refractivity contribution in [3.05, 3.63) is 176 Å². The lowest BCUT2D eigenvalue weighted by molar-refractivity contribution is -0.0404. The lowest BCUT2D eigenvalue weighted by Gasteiger charge is -2.19. The summed E-state index contributed by atoms with van der Waals surface area (Å²) in [6.45, 7) is 26.6. The van der Waals surface area contributed by atoms with Gasteiger partial charge in [-0.2, -0.15) is 0 Å². The third-order valence-corrected chi connectivity index (χ3v) is 28.6. The number of rotatable bonds is 31. The van der Waals surface area contributed by atoms with Crippen molar-refractivity contribution in [2.24, 2.45) is 0 Å². The number of hydrogen-bond acceptors (Lipinski definition) is 25. The van der Waals surface area contributed by atoms with Crippen molar-refractivity contribution >= 4 is 65.9 Å². The van der Waals surface area contributed by atoms with Gasteiger partial charge in [-0.25, -0.2) is 24.0 Å². The van der Waals surface area contributed by atoms with E-state index in [1.54, 1.807) is 13.0 Å². The van der Waals surface area contributed by atoms with Crippen LogP contribution in [0, 0.1) is 0 Å². The van der Waals surface area contributed by atoms with Crippen LogP contribution in [0.2, 0.25) is 0 Å². The summed E-state index contributed by atoms with van der Waals surface area (Å²) < 4.78 is 35.0. The van der Waals surface area contributed by atoms with Gasteiger partial charge in [-0.05, 0) is 168 Å². The molecule has 5 aliphatic heterocycles. The zero-order chi connectivity index (χ0) is 91.0. The van der Waals surface area contributed by atoms with Gasteiger partial charge in [0.15, 0.2) is 18.7 Å². The summed E-state index contributed by atoms with van der Waals surface area (Å²) >= 11 is 0. The van der Waals surface area contributed by atoms with Crippen LogP contribution in [0.3, 0.4) is 0 Å². The zero-order valence-electron chi connectivity index (χ0n) is 72.5. The van der Waals surface area contributed by atoms with Crippen molar-refractivity contribution in [1.29, 1.82) is 0 Å². The maximum atomic E-state index is 12.2. The Kier molecular flexibility index (Phi) is 38.6. The number of nitrogens with one attached hydrogen (secondary N) is 5. The molecule has 15 N–H and O–H groups in total. The van der Waals surface area contributed by atoms with Gasteiger partial charge in [0.05, 0.1) is 41.6 Å². The highest BCUT2D eigenvalue weighted by atomic mass is 31.2. The molecular formula is C81H135N10O25P5. The normalized spacial score (nSPS) is 27.4. The highest BCUT2D eigenvalue weighted by Crippen LogP contribution is 2.45. The maximum absolute atomic E-state index is 12.2. The van der Waals surface area contributed by atoms with Gasteiger partial charge in [0.2, 0.25) is 0 Å². The van der Waals surface area contributed by atoms with Gasteiger partial charge in [-0.15, -0.1) is 72.5 Å². The standard InChI is InChI=1S/C17H27N2O5P.C17H29N2O5P.2C16H27N2O5P.C15H25N2O5P/c1-5-6-8-19-10-11(16(22)18-17(19)23)15-14(21)13(20)12(24-15)7-9-25(2,3)4;1-5-6-7-11-10-19(17(23)18-15(11)22)16-14(21)13(20)12(24-16)8-9-25(2,3)4;1-5-7-18-9-10(15(21)17-16(18)22)14-13(20)12(19)11(23-14)6-8-24(2,3)4;1-5-6-10-9-18(16(22)17-14(10)21)15-13(20)12(19)11(23-15)7-8-24(2,3)4;1-5-9-8-17(15(21)16-13(9)20)14-12(19)11(18)10(22-14)6-7-23(2,3)4/h5,10,12-15,20-21H,1-2,6-9H2,3-4H3,(H,18,22,23);10,12-14,16,20-21H,2,5-9H2,1,3-4H3,(H,18,22,23);9,11-14,19-20H,2,5-8H2,1,3-4H3,(H,17,21,22);9,11-13,15,19-20H,2,5-8H2,1,3-4H3,(H,17,21,22);8,10-12,14,18-19H,2,5-7H2,1,3-4H3,(H,16,20,21)/t12-,13-,14-,15?;12-,13-,14-,16?;11-,12-,13-,14?;11-,12-,13-,15?;10-,11-,12-,14-/m11111/s1. The second-order valence-electron chi connectivity index (χ2n) is 35.4. The molecule has 10 rings (SSSR count). The first-order valence-electron chi connectivity index (χ1n) is 40.9. The minimum Gasteiger partial charge on any atom is -0.388 e. The minimum absolute atomic E-state index is 0.140. The van der Waals surface area contributed by atoms with Crippen LogP contribution in [0.15, 0.2) is 91.6 Å². The van der Waals surface area contributed by atoms with E-state index in [4.69, 9.17) is 23.7 Å². The van der Waals surface area contributed by atoms with E-state index >= 15 is 0 Å². The second kappa shape index (κ2) is 45.0. The Morgan fingerprint density at radius 2 is 0.628 bits per heavy atom. The number of aromatic nitrogens is 10. The van der Waals surface area contributed by atoms with Crippen molar-refractivity contribution in [1.82, 2.24) is 47.8 Å². The summed E-state index contributed by atoms with van der Waals surface area (Å²) in [6, 6.07) is 0. The van der Waals surface area contributed by atoms with Gasteiger partial charge in [-0.3, -0.25) is 67.2 Å². The SMILES string of the molecule is C=CCCn1cc(C2O[C@H](CCP(=C)(C)C)[C@@H](O)[C@H]2O)c(=O)[nH]c1=O.C=P(C)(C)CC[C@H]1OC(c2cn(CCC)c(=O)[nH]c2=O)[C@H](O)[C@@H]1O.C=P(C)(C)CC[C@H]1OC(n2cc(CCC)c(=O)[nH]c2=O)[C@H](O)[C@@H]1O.C=P(C)(C)CC[C@H]1OC(n2cc(CCCC)c(=O)[nH]c2=O)[C@H](O)[C@@H]1O.C=P(C)(C)CC[C@H]1O[C@@H](n2cc(CC)c(=O)[nH]c2=O)[C@H](O)[C@@H]1O. The Bertz CT molecular complexity index is 5060. The van der Waals surface area contributed by atoms with Gasteiger partial charge in [0.1, 0.15) is 73.2 Å². The zero-order valence-corrected chi connectivity index (χ0v) is 76.9. The van der Waals surface area contributed by atoms with Crippen molar-refractivity contribution in [3.8, 4) is 0 Å². The van der Waals surface area contributed by atoms with Crippen LogP contribution in [-0.4, -0.2) is 319 Å². The molecule has 5 saturated heterocycles. The molecule has 5 aromatic rings. The number of unbranched alkanes of at least 4 members (excludes halogenated alkanes) is 1. The number of aromatic amines is 5. The summed E-state index contributed by atoms with van der Waals surface area (Å²) in [5.41, 5.74) is -3.79. The lowest BCUT2D eigenvalue weighted by atomic mass is 10.0. The second-order valence-corrected chi connectivity index (χ2v) is 56.9. The number of ether oxygens (including phenoxy) is 5. The molecule has 4 unspecified atom stereocenters. The molecule has 20 atom stereocenters. The number of allylic oxidation sites excluding steroid dienone is 1. The number of aryl methyl sites for hydroxylation is 5. The fraction of sp³-hybridized carbons (Fsp3) is 0.667. The van der Waals surface area contributed by atoms with Crippen molar-refractivity contribution in [2.45, 2.75) is 247 Å². The highest BCUT2D eigenvalue weighted by molar-refractivity contribution is 7.73. The molecule has 5 aromatic heterocycles. The number of H-pyrrole nitrogens is 5. The quantitative estimate of drug-likeness (QED) is 0.0219. The van der Waals surface area contributed by atoms with Gasteiger partial charge in [0.25, 0.3) is 27.8 Å². The van der Waals surface area contributed by atoms with Crippen molar-refractivity contribution < 1.29 is 74.7 Å². The first-order valence-corrected chi connectivity index (χ1v) is 56.2. The van der Waals surface area contributed by atoms with E-state index in [9.17, 15) is 99.0 Å². The predicted octanol–water partition coefficient (Wildman–Crippen LogP) is 1.20. The van der Waals surface area contributed by atoms with Crippen molar-refractivity contribution in [3.63, 3.8) is 0 Å². The average Bonchev–Trinajstić information content (AvgIpc) is 1.69. The van der Waals surface area contributed by atoms with Crippen LogP contribution >= 0.6 is 34.4 Å². The van der Waals surface area contributed by atoms with E-state index in [2.05, 4.69) is 130 Å². The summed E-state index contributed by atoms with van der Waals surface area (Å²) in [6.07, 6.45) is 22.4. The molecule has 121 heavy (non-hydrogen) atoms. The molecule has 0 aliphatic carbocycles. The number of nitrogens with zero attached hydrogens (tertiary/aromatic N) is 5. The Morgan fingerprint density at radius 3 is 0.917 bits per heavy atom. The summed E-state index contributed by atoms with van der Waals surface area (Å²) in [5.74, 6) is 0. The van der Waals surface area contributed by atoms with Crippen LogP contribution in [-0.2, 0) is 56.0 Å². The summed E-state index contributed by atoms with van der Waals surface area (Å²) in [4.78, 5) is 131. The van der Waals surface area contributed by atoms with Gasteiger partial charge >= 0.3 is 28.4 Å². The Balaban J connectivity index is 0.000000234. The highest BCUT2D eigenvalue weighted by Gasteiger charge is 2.49. The molecule has 0 amide bonds. The first-order chi connectivity index (χ1) is 56.2. The third kappa shape index (κ3) is 29.6. The Hall–Kier alpha value is -5.96. The van der Waals surface area contributed by atoms with Gasteiger partial charge in [0, 0.05) is 60.8 Å². The molecule has 35 nitrogen and oxygen atoms in total. The number of hydrogen-bond donors (Lipinski definition) is 15. The fourth-order valence-electron chi connectivity index (χ4n) is 14.1. The van der Waals surface area contributed by atoms with E-state index in [1.807, 2.05) is 20.8 Å². The van der Waals surface area contributed by atoms with Crippen LogP contribution in [0.5, 0.6) is 0 Å². The molecular weight excluding hydrogens is 1670 g/mol. The molecule has 0 spiro atoms. The largest absolute Gasteiger partial charge is 0.388 e. The third-order valence-electron chi connectivity index (χ3n) is 21.2. The molecule has 684 valence electrons. The molecule has 40 heteroatoms. The smallest absolute Gasteiger partial charge is 0.330 e. The Labute approximate surface area is 704 Å². The molecule has 0 radical (unpaired) electrons. The van der Waals surface area contributed by atoms with E-state index < -0.39 is 213 Å². The lowest BCUT2D eigenvalue weighted by Crippen LogP contribution is -2.38. The maximum Gasteiger partial charge on any atom is 0.330 e. The van der Waals surface area contributed by atoms with Crippen LogP contribution in [0.4, 0.5) is 0 Å². The molecule has 0 aromatic carbocycles. The average molecular weight is 1800 g/mol. The molecule has 5 aliphatic rings. The van der Waals surface area contributed by atoms with Crippen molar-refractivity contribution in [2.75, 3.05) is 97.5 Å². The number of aliphatic hydroxyl groups excluding tert-OH is 10. The topological polar surface area (TPSA) is 523 Å². The monoisotopic (exact) mass is 1800 g/mol. The van der Waals surface area contributed by atoms with E-state index in [1.165, 1.54) is 49.3 Å². The molecule has 0 bridgehead atoms.